The molecule has 0 aromatic heterocycles. The molecule has 1 aromatic carbocycles. The minimum absolute atomic E-state index is 0. The average Bonchev–Trinajstić information content (AvgIpc) is 2.96. The molecule has 2 rings (SSSR count). The molecule has 138 valence electrons. The number of benzene rings is 1. The Hall–Kier alpha value is -0.730. The van der Waals surface area contributed by atoms with Crippen molar-refractivity contribution in [1.82, 2.24) is 5.32 Å². The molecular formula is C21H36ClNO. The third kappa shape index (κ3) is 5.67. The van der Waals surface area contributed by atoms with Crippen LogP contribution in [-0.2, 0) is 6.42 Å². The maximum absolute atomic E-state index is 10.4. The van der Waals surface area contributed by atoms with Crippen LogP contribution in [0.2, 0.25) is 0 Å². The number of fused-ring (bicyclic) bond motifs is 1. The standard InChI is InChI=1S/C21H35NO.ClH/c1-4-5-6-7-8-9-10-11-14-22-19-13-12-18-16(2)15-17(3)21(23)20(18)19;/h15,19,22-23H,4-14H2,1-3H3;1H. The van der Waals surface area contributed by atoms with E-state index in [9.17, 15) is 5.11 Å². The number of nitrogens with one attached hydrogen (secondary N) is 1. The summed E-state index contributed by atoms with van der Waals surface area (Å²) >= 11 is 0. The van der Waals surface area contributed by atoms with Gasteiger partial charge >= 0.3 is 0 Å². The molecule has 0 radical (unpaired) electrons. The van der Waals surface area contributed by atoms with Gasteiger partial charge in [-0.2, -0.15) is 0 Å². The first-order valence-electron chi connectivity index (χ1n) is 9.70. The van der Waals surface area contributed by atoms with Gasteiger partial charge in [-0.25, -0.2) is 0 Å². The zero-order valence-corrected chi connectivity index (χ0v) is 16.6. The Bertz CT molecular complexity index is 501. The SMILES string of the molecule is CCCCCCCCCCNC1CCc2c(C)cc(C)c(O)c21.Cl. The van der Waals surface area contributed by atoms with Crippen LogP contribution < -0.4 is 5.32 Å². The van der Waals surface area contributed by atoms with Crippen molar-refractivity contribution < 1.29 is 5.11 Å². The van der Waals surface area contributed by atoms with Gasteiger partial charge in [-0.1, -0.05) is 57.9 Å². The van der Waals surface area contributed by atoms with Gasteiger partial charge < -0.3 is 10.4 Å². The van der Waals surface area contributed by atoms with E-state index >= 15 is 0 Å². The molecule has 0 saturated carbocycles. The van der Waals surface area contributed by atoms with E-state index in [4.69, 9.17) is 0 Å². The van der Waals surface area contributed by atoms with E-state index < -0.39 is 0 Å². The molecule has 0 spiro atoms. The van der Waals surface area contributed by atoms with Gasteiger partial charge in [0.05, 0.1) is 0 Å². The Labute approximate surface area is 154 Å². The summed E-state index contributed by atoms with van der Waals surface area (Å²) in [6.45, 7) is 7.53. The first kappa shape index (κ1) is 21.3. The van der Waals surface area contributed by atoms with Crippen LogP contribution in [0.5, 0.6) is 5.75 Å². The van der Waals surface area contributed by atoms with Crippen molar-refractivity contribution >= 4 is 12.4 Å². The van der Waals surface area contributed by atoms with Crippen molar-refractivity contribution in [2.45, 2.75) is 91.0 Å². The van der Waals surface area contributed by atoms with Gasteiger partial charge in [0.25, 0.3) is 0 Å². The van der Waals surface area contributed by atoms with Crippen LogP contribution in [0.15, 0.2) is 6.07 Å². The predicted molar refractivity (Wildman–Crippen MR) is 107 cm³/mol. The van der Waals surface area contributed by atoms with Crippen LogP contribution in [0.25, 0.3) is 0 Å². The van der Waals surface area contributed by atoms with Crippen molar-refractivity contribution in [2.75, 3.05) is 6.54 Å². The van der Waals surface area contributed by atoms with Crippen LogP contribution >= 0.6 is 12.4 Å². The van der Waals surface area contributed by atoms with E-state index in [1.807, 2.05) is 6.92 Å². The quantitative estimate of drug-likeness (QED) is 0.494. The summed E-state index contributed by atoms with van der Waals surface area (Å²) in [6.07, 6.45) is 13.1. The first-order chi connectivity index (χ1) is 11.1. The van der Waals surface area contributed by atoms with Crippen molar-refractivity contribution in [1.29, 1.82) is 0 Å². The largest absolute Gasteiger partial charge is 0.507 e. The molecule has 1 aromatic rings. The van der Waals surface area contributed by atoms with Crippen LogP contribution in [0.4, 0.5) is 0 Å². The number of phenolic OH excluding ortho intramolecular Hbond substituents is 1. The summed E-state index contributed by atoms with van der Waals surface area (Å²) in [6, 6.07) is 2.47. The highest BCUT2D eigenvalue weighted by molar-refractivity contribution is 5.85. The number of unbranched alkanes of at least 4 members (excludes halogenated alkanes) is 7. The van der Waals surface area contributed by atoms with Gasteiger partial charge in [-0.3, -0.25) is 0 Å². The summed E-state index contributed by atoms with van der Waals surface area (Å²) in [5.41, 5.74) is 4.91. The Morgan fingerprint density at radius 1 is 1.00 bits per heavy atom. The molecule has 0 heterocycles. The Kier molecular flexibility index (Phi) is 9.76. The van der Waals surface area contributed by atoms with Gasteiger partial charge in [-0.05, 0) is 56.3 Å². The molecule has 0 bridgehead atoms. The molecule has 1 atom stereocenters. The molecule has 1 aliphatic rings. The number of aryl methyl sites for hydroxylation is 2. The first-order valence-corrected chi connectivity index (χ1v) is 9.70. The molecule has 0 amide bonds. The lowest BCUT2D eigenvalue weighted by atomic mass is 9.98. The molecular weight excluding hydrogens is 318 g/mol. The lowest BCUT2D eigenvalue weighted by molar-refractivity contribution is 0.441. The van der Waals surface area contributed by atoms with Crippen LogP contribution in [-0.4, -0.2) is 11.7 Å². The zero-order valence-electron chi connectivity index (χ0n) is 15.8. The Morgan fingerprint density at radius 2 is 1.62 bits per heavy atom. The second-order valence-corrected chi connectivity index (χ2v) is 7.27. The molecule has 2 nitrogen and oxygen atoms in total. The molecule has 0 fully saturated rings. The molecule has 3 heteroatoms. The monoisotopic (exact) mass is 353 g/mol. The van der Waals surface area contributed by atoms with Gasteiger partial charge in [0.1, 0.15) is 5.75 Å². The zero-order chi connectivity index (χ0) is 16.7. The van der Waals surface area contributed by atoms with Crippen molar-refractivity contribution in [3.8, 4) is 5.75 Å². The summed E-state index contributed by atoms with van der Waals surface area (Å²) in [5, 5.41) is 14.1. The van der Waals surface area contributed by atoms with E-state index in [-0.39, 0.29) is 12.4 Å². The fourth-order valence-corrected chi connectivity index (χ4v) is 3.93. The number of phenols is 1. The number of halogens is 1. The summed E-state index contributed by atoms with van der Waals surface area (Å²) < 4.78 is 0. The van der Waals surface area contributed by atoms with E-state index in [2.05, 4.69) is 25.2 Å². The third-order valence-corrected chi connectivity index (χ3v) is 5.32. The lowest BCUT2D eigenvalue weighted by Gasteiger charge is -2.17. The van der Waals surface area contributed by atoms with Gasteiger partial charge in [-0.15, -0.1) is 12.4 Å². The maximum atomic E-state index is 10.4. The molecule has 1 unspecified atom stereocenters. The summed E-state index contributed by atoms with van der Waals surface area (Å²) in [5.74, 6) is 0.525. The van der Waals surface area contributed by atoms with Crippen molar-refractivity contribution in [2.24, 2.45) is 0 Å². The molecule has 1 aliphatic carbocycles. The van der Waals surface area contributed by atoms with Crippen molar-refractivity contribution in [3.05, 3.63) is 28.3 Å². The van der Waals surface area contributed by atoms with Crippen LogP contribution in [0, 0.1) is 13.8 Å². The van der Waals surface area contributed by atoms with E-state index in [0.29, 0.717) is 11.8 Å². The average molecular weight is 354 g/mol. The fourth-order valence-electron chi connectivity index (χ4n) is 3.93. The normalized spacial score (nSPS) is 16.0. The lowest BCUT2D eigenvalue weighted by Crippen LogP contribution is -2.20. The van der Waals surface area contributed by atoms with E-state index in [1.165, 1.54) is 68.1 Å². The van der Waals surface area contributed by atoms with Gasteiger partial charge in [0.2, 0.25) is 0 Å². The topological polar surface area (TPSA) is 32.3 Å². The maximum Gasteiger partial charge on any atom is 0.123 e. The number of hydrogen-bond acceptors (Lipinski definition) is 2. The molecule has 0 saturated heterocycles. The molecule has 2 N–H and O–H groups in total. The highest BCUT2D eigenvalue weighted by Crippen LogP contribution is 2.41. The fraction of sp³-hybridized carbons (Fsp3) is 0.714. The van der Waals surface area contributed by atoms with Crippen LogP contribution in [0.3, 0.4) is 0 Å². The minimum Gasteiger partial charge on any atom is -0.507 e. The van der Waals surface area contributed by atoms with Crippen LogP contribution in [0.1, 0.15) is 93.0 Å². The van der Waals surface area contributed by atoms with Crippen molar-refractivity contribution in [3.63, 3.8) is 0 Å². The van der Waals surface area contributed by atoms with Gasteiger partial charge in [0.15, 0.2) is 0 Å². The second kappa shape index (κ2) is 11.0. The predicted octanol–water partition coefficient (Wildman–Crippen LogP) is 6.15. The third-order valence-electron chi connectivity index (χ3n) is 5.32. The molecule has 0 aliphatic heterocycles. The smallest absolute Gasteiger partial charge is 0.123 e. The Balaban J connectivity index is 0.00000288. The molecule has 24 heavy (non-hydrogen) atoms. The summed E-state index contributed by atoms with van der Waals surface area (Å²) in [7, 11) is 0. The minimum atomic E-state index is 0. The van der Waals surface area contributed by atoms with E-state index in [0.717, 1.165) is 24.9 Å². The highest BCUT2D eigenvalue weighted by atomic mass is 35.5. The number of hydrogen-bond donors (Lipinski definition) is 2. The number of aromatic hydroxyl groups is 1. The summed E-state index contributed by atoms with van der Waals surface area (Å²) in [4.78, 5) is 0. The highest BCUT2D eigenvalue weighted by Gasteiger charge is 2.27. The second-order valence-electron chi connectivity index (χ2n) is 7.27. The Morgan fingerprint density at radius 3 is 2.29 bits per heavy atom. The van der Waals surface area contributed by atoms with Gasteiger partial charge in [0, 0.05) is 11.6 Å². The number of rotatable bonds is 10. The van der Waals surface area contributed by atoms with E-state index in [1.54, 1.807) is 0 Å².